The average Bonchev–Trinajstić information content (AvgIpc) is 3.47. The molecule has 1 atom stereocenters. The number of benzene rings is 2. The molecule has 1 aliphatic rings. The first-order valence-electron chi connectivity index (χ1n) is 9.48. The van der Waals surface area contributed by atoms with Crippen LogP contribution < -0.4 is 5.32 Å². The molecule has 1 aromatic heterocycles. The van der Waals surface area contributed by atoms with Gasteiger partial charge in [-0.15, -0.1) is 16.8 Å². The standard InChI is InChI=1S/C22H21FN4OS/c1-2-14-27-20(17-10-6-7-11-18(17)23)25-26-22(27)29-19(15-8-4-3-5-9-15)21(28)24-16-12-13-16/h2-11,16,19H,1,12-14H2,(H,24,28). The van der Waals surface area contributed by atoms with Gasteiger partial charge in [0.05, 0.1) is 5.56 Å². The van der Waals surface area contributed by atoms with Gasteiger partial charge in [-0.25, -0.2) is 4.39 Å². The lowest BCUT2D eigenvalue weighted by Crippen LogP contribution is -2.30. The van der Waals surface area contributed by atoms with E-state index in [0.717, 1.165) is 18.4 Å². The Kier molecular flexibility index (Phi) is 5.76. The molecule has 1 fully saturated rings. The number of rotatable bonds is 8. The molecule has 3 aromatic rings. The summed E-state index contributed by atoms with van der Waals surface area (Å²) in [7, 11) is 0. The third-order valence-corrected chi connectivity index (χ3v) is 5.87. The highest BCUT2D eigenvalue weighted by Crippen LogP contribution is 2.37. The lowest BCUT2D eigenvalue weighted by Gasteiger charge is -2.17. The summed E-state index contributed by atoms with van der Waals surface area (Å²) in [5.74, 6) is -0.00273. The van der Waals surface area contributed by atoms with Crippen molar-refractivity contribution in [2.75, 3.05) is 0 Å². The SMILES string of the molecule is C=CCn1c(SC(C(=O)NC2CC2)c2ccccc2)nnc1-c1ccccc1F. The van der Waals surface area contributed by atoms with Gasteiger partial charge in [0.1, 0.15) is 11.1 Å². The molecule has 5 nitrogen and oxygen atoms in total. The molecule has 1 unspecified atom stereocenters. The molecular weight excluding hydrogens is 387 g/mol. The largest absolute Gasteiger partial charge is 0.352 e. The van der Waals surface area contributed by atoms with Gasteiger partial charge in [0.25, 0.3) is 0 Å². The molecule has 148 valence electrons. The zero-order valence-electron chi connectivity index (χ0n) is 15.8. The van der Waals surface area contributed by atoms with Crippen molar-refractivity contribution in [3.05, 3.63) is 78.6 Å². The monoisotopic (exact) mass is 408 g/mol. The minimum absolute atomic E-state index is 0.0516. The van der Waals surface area contributed by atoms with Gasteiger partial charge < -0.3 is 5.32 Å². The highest BCUT2D eigenvalue weighted by Gasteiger charge is 2.30. The number of hydrogen-bond acceptors (Lipinski definition) is 4. The summed E-state index contributed by atoms with van der Waals surface area (Å²) in [6.45, 7) is 4.20. The van der Waals surface area contributed by atoms with E-state index in [2.05, 4.69) is 22.1 Å². The predicted octanol–water partition coefficient (Wildman–Crippen LogP) is 4.38. The second kappa shape index (κ2) is 8.61. The molecule has 0 aliphatic heterocycles. The first kappa shape index (κ1) is 19.4. The van der Waals surface area contributed by atoms with Crippen molar-refractivity contribution >= 4 is 17.7 Å². The van der Waals surface area contributed by atoms with Gasteiger partial charge >= 0.3 is 0 Å². The van der Waals surface area contributed by atoms with Gasteiger partial charge in [-0.3, -0.25) is 9.36 Å². The Morgan fingerprint density at radius 1 is 1.21 bits per heavy atom. The third kappa shape index (κ3) is 4.40. The van der Waals surface area contributed by atoms with Crippen molar-refractivity contribution in [2.24, 2.45) is 0 Å². The smallest absolute Gasteiger partial charge is 0.238 e. The van der Waals surface area contributed by atoms with Crippen molar-refractivity contribution in [3.8, 4) is 11.4 Å². The van der Waals surface area contributed by atoms with Crippen LogP contribution in [0.15, 0.2) is 72.4 Å². The molecular formula is C22H21FN4OS. The van der Waals surface area contributed by atoms with E-state index in [-0.39, 0.29) is 17.8 Å². The summed E-state index contributed by atoms with van der Waals surface area (Å²) < 4.78 is 16.1. The second-order valence-electron chi connectivity index (χ2n) is 6.88. The van der Waals surface area contributed by atoms with E-state index in [1.165, 1.54) is 17.8 Å². The number of thioether (sulfide) groups is 1. The molecule has 2 aromatic carbocycles. The minimum atomic E-state index is -0.474. The number of amides is 1. The first-order valence-corrected chi connectivity index (χ1v) is 10.4. The Hall–Kier alpha value is -2.93. The Bertz CT molecular complexity index is 1020. The first-order chi connectivity index (χ1) is 14.2. The van der Waals surface area contributed by atoms with Crippen LogP contribution in [0.2, 0.25) is 0 Å². The zero-order chi connectivity index (χ0) is 20.2. The maximum absolute atomic E-state index is 14.3. The molecule has 0 radical (unpaired) electrons. The molecule has 1 aliphatic carbocycles. The van der Waals surface area contributed by atoms with Gasteiger partial charge in [0, 0.05) is 12.6 Å². The Morgan fingerprint density at radius 3 is 2.62 bits per heavy atom. The lowest BCUT2D eigenvalue weighted by molar-refractivity contribution is -0.120. The normalized spacial score (nSPS) is 14.4. The Balaban J connectivity index is 1.69. The fourth-order valence-corrected chi connectivity index (χ4v) is 4.08. The molecule has 1 N–H and O–H groups in total. The number of carbonyl (C=O) groups is 1. The summed E-state index contributed by atoms with van der Waals surface area (Å²) in [6.07, 6.45) is 3.74. The average molecular weight is 409 g/mol. The molecule has 0 bridgehead atoms. The van der Waals surface area contributed by atoms with Crippen LogP contribution in [0.1, 0.15) is 23.7 Å². The number of hydrogen-bond donors (Lipinski definition) is 1. The van der Waals surface area contributed by atoms with Crippen molar-refractivity contribution < 1.29 is 9.18 Å². The van der Waals surface area contributed by atoms with E-state index < -0.39 is 5.25 Å². The van der Waals surface area contributed by atoms with Crippen LogP contribution in [0.4, 0.5) is 4.39 Å². The van der Waals surface area contributed by atoms with Crippen molar-refractivity contribution in [1.82, 2.24) is 20.1 Å². The van der Waals surface area contributed by atoms with E-state index in [1.807, 2.05) is 30.3 Å². The van der Waals surface area contributed by atoms with Crippen molar-refractivity contribution in [2.45, 2.75) is 35.8 Å². The minimum Gasteiger partial charge on any atom is -0.352 e. The van der Waals surface area contributed by atoms with Crippen LogP contribution in [-0.4, -0.2) is 26.7 Å². The molecule has 0 saturated heterocycles. The van der Waals surface area contributed by atoms with Gasteiger partial charge in [0.2, 0.25) is 5.91 Å². The van der Waals surface area contributed by atoms with Gasteiger partial charge in [-0.05, 0) is 30.5 Å². The molecule has 1 heterocycles. The summed E-state index contributed by atoms with van der Waals surface area (Å²) in [5.41, 5.74) is 1.25. The second-order valence-corrected chi connectivity index (χ2v) is 7.95. The number of carbonyl (C=O) groups excluding carboxylic acids is 1. The van der Waals surface area contributed by atoms with Crippen LogP contribution in [0.25, 0.3) is 11.4 Å². The van der Waals surface area contributed by atoms with Gasteiger partial charge in [-0.1, -0.05) is 60.3 Å². The summed E-state index contributed by atoms with van der Waals surface area (Å²) in [4.78, 5) is 12.9. The van der Waals surface area contributed by atoms with Gasteiger partial charge in [0.15, 0.2) is 11.0 Å². The number of nitrogens with one attached hydrogen (secondary N) is 1. The fraction of sp³-hybridized carbons (Fsp3) is 0.227. The fourth-order valence-electron chi connectivity index (χ4n) is 3.02. The van der Waals surface area contributed by atoms with Crippen molar-refractivity contribution in [1.29, 1.82) is 0 Å². The number of halogens is 1. The van der Waals surface area contributed by atoms with Crippen LogP contribution in [0.5, 0.6) is 0 Å². The lowest BCUT2D eigenvalue weighted by atomic mass is 10.1. The topological polar surface area (TPSA) is 59.8 Å². The van der Waals surface area contributed by atoms with Crippen LogP contribution >= 0.6 is 11.8 Å². The molecule has 0 spiro atoms. The zero-order valence-corrected chi connectivity index (χ0v) is 16.6. The summed E-state index contributed by atoms with van der Waals surface area (Å²) >= 11 is 1.31. The van der Waals surface area contributed by atoms with E-state index in [9.17, 15) is 9.18 Å². The summed E-state index contributed by atoms with van der Waals surface area (Å²) in [6, 6.07) is 16.3. The van der Waals surface area contributed by atoms with E-state index >= 15 is 0 Å². The Morgan fingerprint density at radius 2 is 1.93 bits per heavy atom. The maximum atomic E-state index is 14.3. The number of allylic oxidation sites excluding steroid dienone is 1. The molecule has 1 saturated carbocycles. The van der Waals surface area contributed by atoms with E-state index in [4.69, 9.17) is 0 Å². The maximum Gasteiger partial charge on any atom is 0.238 e. The van der Waals surface area contributed by atoms with Gasteiger partial charge in [-0.2, -0.15) is 0 Å². The molecule has 1 amide bonds. The van der Waals surface area contributed by atoms with Crippen molar-refractivity contribution in [3.63, 3.8) is 0 Å². The predicted molar refractivity (Wildman–Crippen MR) is 112 cm³/mol. The van der Waals surface area contributed by atoms with E-state index in [1.54, 1.807) is 28.8 Å². The summed E-state index contributed by atoms with van der Waals surface area (Å²) in [5, 5.41) is 11.6. The molecule has 29 heavy (non-hydrogen) atoms. The Labute approximate surface area is 173 Å². The highest BCUT2D eigenvalue weighted by molar-refractivity contribution is 8.00. The highest BCUT2D eigenvalue weighted by atomic mass is 32.2. The third-order valence-electron chi connectivity index (χ3n) is 4.63. The van der Waals surface area contributed by atoms with Crippen LogP contribution in [0, 0.1) is 5.82 Å². The van der Waals surface area contributed by atoms with Crippen LogP contribution in [0.3, 0.4) is 0 Å². The molecule has 4 rings (SSSR count). The quantitative estimate of drug-likeness (QED) is 0.444. The van der Waals surface area contributed by atoms with Crippen LogP contribution in [-0.2, 0) is 11.3 Å². The number of aromatic nitrogens is 3. The number of nitrogens with zero attached hydrogens (tertiary/aromatic N) is 3. The van der Waals surface area contributed by atoms with E-state index in [0.29, 0.717) is 23.1 Å². The molecule has 7 heteroatoms.